The molecule has 0 atom stereocenters. The number of anilines is 1. The van der Waals surface area contributed by atoms with E-state index in [4.69, 9.17) is 0 Å². The summed E-state index contributed by atoms with van der Waals surface area (Å²) in [6, 6.07) is 6.09. The number of aromatic nitrogens is 2. The molecule has 0 spiro atoms. The second kappa shape index (κ2) is 6.52. The minimum absolute atomic E-state index is 0.246. The summed E-state index contributed by atoms with van der Waals surface area (Å²) < 4.78 is 13.5. The van der Waals surface area contributed by atoms with Gasteiger partial charge in [-0.25, -0.2) is 14.4 Å². The molecule has 112 valence electrons. The predicted octanol–water partition coefficient (Wildman–Crippen LogP) is 3.93. The monoisotopic (exact) mass is 289 g/mol. The van der Waals surface area contributed by atoms with E-state index in [0.29, 0.717) is 11.4 Å². The summed E-state index contributed by atoms with van der Waals surface area (Å²) in [6.45, 7) is 6.99. The number of nitrogens with one attached hydrogen (secondary N) is 1. The minimum Gasteiger partial charge on any atom is -0.505 e. The molecular weight excluding hydrogens is 269 g/mol. The quantitative estimate of drug-likeness (QED) is 0.875. The van der Waals surface area contributed by atoms with Crippen LogP contribution in [0.2, 0.25) is 0 Å². The Morgan fingerprint density at radius 2 is 2.00 bits per heavy atom. The van der Waals surface area contributed by atoms with Crippen LogP contribution in [0.4, 0.5) is 10.2 Å². The van der Waals surface area contributed by atoms with Gasteiger partial charge in [-0.15, -0.1) is 0 Å². The van der Waals surface area contributed by atoms with Crippen LogP contribution in [0.25, 0.3) is 11.4 Å². The first-order valence-electron chi connectivity index (χ1n) is 7.13. The lowest BCUT2D eigenvalue weighted by Gasteiger charge is -2.11. The van der Waals surface area contributed by atoms with Crippen LogP contribution in [0, 0.1) is 5.82 Å². The van der Waals surface area contributed by atoms with Gasteiger partial charge in [0.05, 0.1) is 0 Å². The van der Waals surface area contributed by atoms with Crippen molar-refractivity contribution < 1.29 is 9.50 Å². The Kier molecular flexibility index (Phi) is 4.73. The Morgan fingerprint density at radius 1 is 1.24 bits per heavy atom. The molecule has 0 amide bonds. The fourth-order valence-corrected chi connectivity index (χ4v) is 1.88. The number of halogens is 1. The predicted molar refractivity (Wildman–Crippen MR) is 82.0 cm³/mol. The van der Waals surface area contributed by atoms with Gasteiger partial charge in [0.2, 0.25) is 0 Å². The van der Waals surface area contributed by atoms with Crippen LogP contribution in [0.3, 0.4) is 0 Å². The highest BCUT2D eigenvalue weighted by Crippen LogP contribution is 2.25. The first kappa shape index (κ1) is 15.2. The van der Waals surface area contributed by atoms with E-state index in [0.717, 1.165) is 24.5 Å². The first-order valence-corrected chi connectivity index (χ1v) is 7.13. The zero-order valence-corrected chi connectivity index (χ0v) is 12.5. The van der Waals surface area contributed by atoms with E-state index in [-0.39, 0.29) is 11.7 Å². The van der Waals surface area contributed by atoms with Crippen molar-refractivity contribution in [3.63, 3.8) is 0 Å². The van der Waals surface area contributed by atoms with Crippen molar-refractivity contribution in [3.05, 3.63) is 35.8 Å². The van der Waals surface area contributed by atoms with Gasteiger partial charge >= 0.3 is 0 Å². The Bertz CT molecular complexity index is 629. The maximum absolute atomic E-state index is 13.5. The number of rotatable bonds is 5. The molecule has 2 aromatic rings. The van der Waals surface area contributed by atoms with Crippen molar-refractivity contribution in [1.82, 2.24) is 9.97 Å². The summed E-state index contributed by atoms with van der Waals surface area (Å²) in [5.41, 5.74) is 1.44. The molecule has 0 bridgehead atoms. The lowest BCUT2D eigenvalue weighted by Crippen LogP contribution is -2.06. The molecule has 4 nitrogen and oxygen atoms in total. The smallest absolute Gasteiger partial charge is 0.165 e. The first-order chi connectivity index (χ1) is 10.0. The molecule has 0 saturated heterocycles. The van der Waals surface area contributed by atoms with Gasteiger partial charge in [-0.1, -0.05) is 20.8 Å². The standard InChI is InChI=1S/C16H20FN3O/c1-4-7-18-15-9-13(10(2)3)19-16(20-15)11-5-6-14(21)12(17)8-11/h5-6,8-10,21H,4,7H2,1-3H3,(H,18,19,20). The average Bonchev–Trinajstić information content (AvgIpc) is 2.47. The summed E-state index contributed by atoms with van der Waals surface area (Å²) >= 11 is 0. The SMILES string of the molecule is CCCNc1cc(C(C)C)nc(-c2ccc(O)c(F)c2)n1. The van der Waals surface area contributed by atoms with Crippen molar-refractivity contribution in [3.8, 4) is 17.1 Å². The molecule has 1 heterocycles. The third-order valence-corrected chi connectivity index (χ3v) is 3.10. The Balaban J connectivity index is 2.45. The largest absolute Gasteiger partial charge is 0.505 e. The molecule has 0 unspecified atom stereocenters. The highest BCUT2D eigenvalue weighted by Gasteiger charge is 2.11. The van der Waals surface area contributed by atoms with Crippen LogP contribution in [0.1, 0.15) is 38.8 Å². The van der Waals surface area contributed by atoms with Crippen LogP contribution in [-0.4, -0.2) is 21.6 Å². The molecule has 0 radical (unpaired) electrons. The zero-order chi connectivity index (χ0) is 15.4. The molecule has 2 rings (SSSR count). The Hall–Kier alpha value is -2.17. The van der Waals surface area contributed by atoms with E-state index in [2.05, 4.69) is 22.2 Å². The van der Waals surface area contributed by atoms with Crippen LogP contribution < -0.4 is 5.32 Å². The fourth-order valence-electron chi connectivity index (χ4n) is 1.88. The number of nitrogens with zero attached hydrogens (tertiary/aromatic N) is 2. The molecule has 0 aliphatic rings. The van der Waals surface area contributed by atoms with Crippen LogP contribution in [0.15, 0.2) is 24.3 Å². The minimum atomic E-state index is -0.672. The number of phenolic OH excluding ortho intramolecular Hbond substituents is 1. The van der Waals surface area contributed by atoms with Gasteiger partial charge in [0, 0.05) is 23.9 Å². The molecule has 1 aromatic heterocycles. The van der Waals surface area contributed by atoms with E-state index in [1.54, 1.807) is 6.07 Å². The van der Waals surface area contributed by atoms with Gasteiger partial charge in [0.15, 0.2) is 17.4 Å². The lowest BCUT2D eigenvalue weighted by molar-refractivity contribution is 0.432. The summed E-state index contributed by atoms with van der Waals surface area (Å²) in [6.07, 6.45) is 0.990. The van der Waals surface area contributed by atoms with Gasteiger partial charge in [-0.05, 0) is 30.5 Å². The molecule has 2 N–H and O–H groups in total. The van der Waals surface area contributed by atoms with Crippen molar-refractivity contribution in [2.75, 3.05) is 11.9 Å². The van der Waals surface area contributed by atoms with E-state index in [9.17, 15) is 9.50 Å². The maximum Gasteiger partial charge on any atom is 0.165 e. The van der Waals surface area contributed by atoms with Crippen LogP contribution >= 0.6 is 0 Å². The van der Waals surface area contributed by atoms with Crippen molar-refractivity contribution in [2.45, 2.75) is 33.1 Å². The molecule has 0 aliphatic carbocycles. The van der Waals surface area contributed by atoms with Crippen molar-refractivity contribution in [1.29, 1.82) is 0 Å². The van der Waals surface area contributed by atoms with Crippen LogP contribution in [0.5, 0.6) is 5.75 Å². The number of aromatic hydroxyl groups is 1. The molecule has 1 aromatic carbocycles. The number of phenols is 1. The van der Waals surface area contributed by atoms with Crippen LogP contribution in [-0.2, 0) is 0 Å². The zero-order valence-electron chi connectivity index (χ0n) is 12.5. The summed E-state index contributed by atoms with van der Waals surface area (Å²) in [5, 5.41) is 12.5. The van der Waals surface area contributed by atoms with E-state index in [1.807, 2.05) is 19.9 Å². The fraction of sp³-hybridized carbons (Fsp3) is 0.375. The highest BCUT2D eigenvalue weighted by molar-refractivity contribution is 5.59. The average molecular weight is 289 g/mol. The molecule has 0 aliphatic heterocycles. The highest BCUT2D eigenvalue weighted by atomic mass is 19.1. The van der Waals surface area contributed by atoms with Gasteiger partial charge in [-0.2, -0.15) is 0 Å². The summed E-state index contributed by atoms with van der Waals surface area (Å²) in [4.78, 5) is 8.91. The second-order valence-corrected chi connectivity index (χ2v) is 5.25. The number of hydrogen-bond acceptors (Lipinski definition) is 4. The third-order valence-electron chi connectivity index (χ3n) is 3.10. The molecule has 0 saturated carbocycles. The molecule has 21 heavy (non-hydrogen) atoms. The summed E-state index contributed by atoms with van der Waals surface area (Å²) in [5.74, 6) is 0.394. The Labute approximate surface area is 124 Å². The van der Waals surface area contributed by atoms with Crippen molar-refractivity contribution >= 4 is 5.82 Å². The summed E-state index contributed by atoms with van der Waals surface area (Å²) in [7, 11) is 0. The van der Waals surface area contributed by atoms with E-state index in [1.165, 1.54) is 12.1 Å². The number of hydrogen-bond donors (Lipinski definition) is 2. The maximum atomic E-state index is 13.5. The van der Waals surface area contributed by atoms with Gasteiger partial charge < -0.3 is 10.4 Å². The number of benzene rings is 1. The molecule has 0 fully saturated rings. The van der Waals surface area contributed by atoms with Gasteiger partial charge in [0.25, 0.3) is 0 Å². The topological polar surface area (TPSA) is 58.0 Å². The third kappa shape index (κ3) is 3.68. The molecular formula is C16H20FN3O. The second-order valence-electron chi connectivity index (χ2n) is 5.25. The Morgan fingerprint density at radius 3 is 2.62 bits per heavy atom. The normalized spacial score (nSPS) is 10.9. The van der Waals surface area contributed by atoms with E-state index < -0.39 is 5.82 Å². The van der Waals surface area contributed by atoms with Crippen molar-refractivity contribution in [2.24, 2.45) is 0 Å². The van der Waals surface area contributed by atoms with Gasteiger partial charge in [0.1, 0.15) is 5.82 Å². The molecule has 5 heteroatoms. The van der Waals surface area contributed by atoms with E-state index >= 15 is 0 Å². The lowest BCUT2D eigenvalue weighted by atomic mass is 10.1. The van der Waals surface area contributed by atoms with Gasteiger partial charge in [-0.3, -0.25) is 0 Å².